The summed E-state index contributed by atoms with van der Waals surface area (Å²) < 4.78 is 8.58. The average molecular weight is 451 g/mol. The number of rotatable bonds is 2. The van der Waals surface area contributed by atoms with Gasteiger partial charge in [-0.3, -0.25) is 14.2 Å². The largest absolute Gasteiger partial charge is 0.443 e. The average Bonchev–Trinajstić information content (AvgIpc) is 2.94. The zero-order valence-corrected chi connectivity index (χ0v) is 19.3. The number of ether oxygens (including phenoxy) is 1. The van der Waals surface area contributed by atoms with Gasteiger partial charge in [0.2, 0.25) is 0 Å². The number of pyridine rings is 1. The molecule has 3 heterocycles. The van der Waals surface area contributed by atoms with Crippen LogP contribution in [0.1, 0.15) is 54.4 Å². The Hall–Kier alpha value is -1.60. The number of hydrogen-bond acceptors (Lipinski definition) is 4. The third-order valence-corrected chi connectivity index (χ3v) is 5.61. The molecule has 154 valence electrons. The zero-order valence-electron chi connectivity index (χ0n) is 17.7. The SMILES string of the molecule is CC(C)(C)OC(=O)N(c1ccc2ncc(Br)n2c1)[C@@H]1CCCN(C(C)(C)C)C1. The Morgan fingerprint density at radius 2 is 1.96 bits per heavy atom. The van der Waals surface area contributed by atoms with Gasteiger partial charge in [0.25, 0.3) is 0 Å². The smallest absolute Gasteiger partial charge is 0.415 e. The number of anilines is 1. The molecule has 0 aliphatic carbocycles. The Kier molecular flexibility index (Phi) is 5.79. The van der Waals surface area contributed by atoms with Gasteiger partial charge >= 0.3 is 6.09 Å². The number of piperidine rings is 1. The van der Waals surface area contributed by atoms with E-state index in [0.717, 1.165) is 41.9 Å². The minimum atomic E-state index is -0.548. The molecule has 2 aromatic heterocycles. The van der Waals surface area contributed by atoms with Crippen molar-refractivity contribution in [3.05, 3.63) is 29.1 Å². The summed E-state index contributed by atoms with van der Waals surface area (Å²) in [6.45, 7) is 14.3. The predicted molar refractivity (Wildman–Crippen MR) is 116 cm³/mol. The number of carbonyl (C=O) groups is 1. The van der Waals surface area contributed by atoms with Crippen molar-refractivity contribution in [1.29, 1.82) is 0 Å². The van der Waals surface area contributed by atoms with Gasteiger partial charge in [0, 0.05) is 18.3 Å². The second-order valence-corrected chi connectivity index (χ2v) is 10.3. The van der Waals surface area contributed by atoms with E-state index >= 15 is 0 Å². The standard InChI is InChI=1S/C21H31BrN4O2/c1-20(2,3)24-11-7-8-15(13-24)26(19(27)28-21(4,5)6)16-9-10-18-23-12-17(22)25(18)14-16/h9-10,12,14-15H,7-8,11,13H2,1-6H3/t15-/m1/s1. The summed E-state index contributed by atoms with van der Waals surface area (Å²) in [5.74, 6) is 0. The molecule has 1 fully saturated rings. The highest BCUT2D eigenvalue weighted by Gasteiger charge is 2.35. The monoisotopic (exact) mass is 450 g/mol. The van der Waals surface area contributed by atoms with Crippen molar-refractivity contribution in [2.75, 3.05) is 18.0 Å². The van der Waals surface area contributed by atoms with Crippen LogP contribution in [0.4, 0.5) is 10.5 Å². The molecular weight excluding hydrogens is 420 g/mol. The van der Waals surface area contributed by atoms with Gasteiger partial charge in [0.05, 0.1) is 17.9 Å². The molecule has 6 nitrogen and oxygen atoms in total. The lowest BCUT2D eigenvalue weighted by molar-refractivity contribution is 0.0501. The van der Waals surface area contributed by atoms with E-state index in [4.69, 9.17) is 4.74 Å². The molecule has 0 spiro atoms. The van der Waals surface area contributed by atoms with Crippen molar-refractivity contribution >= 4 is 33.4 Å². The van der Waals surface area contributed by atoms with Gasteiger partial charge in [-0.25, -0.2) is 9.78 Å². The van der Waals surface area contributed by atoms with Crippen molar-refractivity contribution in [1.82, 2.24) is 14.3 Å². The van der Waals surface area contributed by atoms with Crippen molar-refractivity contribution in [3.8, 4) is 0 Å². The second kappa shape index (κ2) is 7.67. The Morgan fingerprint density at radius 1 is 1.25 bits per heavy atom. The molecule has 1 saturated heterocycles. The number of halogens is 1. The van der Waals surface area contributed by atoms with Crippen LogP contribution in [0, 0.1) is 0 Å². The highest BCUT2D eigenvalue weighted by atomic mass is 79.9. The van der Waals surface area contributed by atoms with E-state index < -0.39 is 5.60 Å². The molecule has 0 N–H and O–H groups in total. The molecule has 3 rings (SSSR count). The van der Waals surface area contributed by atoms with Crippen LogP contribution in [0.15, 0.2) is 29.1 Å². The van der Waals surface area contributed by atoms with Crippen LogP contribution >= 0.6 is 15.9 Å². The lowest BCUT2D eigenvalue weighted by atomic mass is 9.97. The minimum Gasteiger partial charge on any atom is -0.443 e. The number of likely N-dealkylation sites (tertiary alicyclic amines) is 1. The summed E-state index contributed by atoms with van der Waals surface area (Å²) in [7, 11) is 0. The molecule has 28 heavy (non-hydrogen) atoms. The number of nitrogens with zero attached hydrogens (tertiary/aromatic N) is 4. The number of fused-ring (bicyclic) bond motifs is 1. The minimum absolute atomic E-state index is 0.0579. The van der Waals surface area contributed by atoms with Crippen LogP contribution in [0.3, 0.4) is 0 Å². The van der Waals surface area contributed by atoms with E-state index in [1.54, 1.807) is 6.20 Å². The van der Waals surface area contributed by atoms with Gasteiger partial charge in [0.1, 0.15) is 15.9 Å². The number of amides is 1. The first-order valence-electron chi connectivity index (χ1n) is 9.85. The summed E-state index contributed by atoms with van der Waals surface area (Å²) in [6.07, 6.45) is 5.42. The van der Waals surface area contributed by atoms with Gasteiger partial charge in [-0.15, -0.1) is 0 Å². The van der Waals surface area contributed by atoms with E-state index in [9.17, 15) is 4.79 Å². The van der Waals surface area contributed by atoms with Gasteiger partial charge in [-0.1, -0.05) is 0 Å². The molecule has 0 saturated carbocycles. The summed E-state index contributed by atoms with van der Waals surface area (Å²) in [5, 5.41) is 0. The maximum atomic E-state index is 13.2. The molecular formula is C21H31BrN4O2. The molecule has 1 aliphatic rings. The van der Waals surface area contributed by atoms with Crippen molar-refractivity contribution in [2.45, 2.75) is 71.6 Å². The summed E-state index contributed by atoms with van der Waals surface area (Å²) >= 11 is 3.53. The highest BCUT2D eigenvalue weighted by Crippen LogP contribution is 2.29. The summed E-state index contributed by atoms with van der Waals surface area (Å²) in [5.41, 5.74) is 1.17. The van der Waals surface area contributed by atoms with Gasteiger partial charge in [0.15, 0.2) is 0 Å². The van der Waals surface area contributed by atoms with Crippen LogP contribution in [-0.2, 0) is 4.74 Å². The lowest BCUT2D eigenvalue weighted by Crippen LogP contribution is -2.56. The Bertz CT molecular complexity index is 850. The van der Waals surface area contributed by atoms with Crippen molar-refractivity contribution < 1.29 is 9.53 Å². The molecule has 1 amide bonds. The topological polar surface area (TPSA) is 50.1 Å². The Labute approximate surface area is 176 Å². The maximum Gasteiger partial charge on any atom is 0.415 e. The van der Waals surface area contributed by atoms with Crippen molar-refractivity contribution in [2.24, 2.45) is 0 Å². The molecule has 0 bridgehead atoms. The van der Waals surface area contributed by atoms with Crippen LogP contribution in [0.2, 0.25) is 0 Å². The number of imidazole rings is 1. The van der Waals surface area contributed by atoms with Crippen LogP contribution in [-0.4, -0.2) is 50.6 Å². The number of aromatic nitrogens is 2. The predicted octanol–water partition coefficient (Wildman–Crippen LogP) is 5.10. The Balaban J connectivity index is 1.98. The van der Waals surface area contributed by atoms with Crippen LogP contribution in [0.25, 0.3) is 5.65 Å². The van der Waals surface area contributed by atoms with E-state index in [-0.39, 0.29) is 17.7 Å². The maximum absolute atomic E-state index is 13.2. The number of hydrogen-bond donors (Lipinski definition) is 0. The number of carbonyl (C=O) groups excluding carboxylic acids is 1. The van der Waals surface area contributed by atoms with E-state index in [1.807, 2.05) is 48.4 Å². The van der Waals surface area contributed by atoms with Gasteiger partial charge < -0.3 is 4.74 Å². The fraction of sp³-hybridized carbons (Fsp3) is 0.619. The van der Waals surface area contributed by atoms with Crippen LogP contribution in [0.5, 0.6) is 0 Å². The molecule has 1 atom stereocenters. The highest BCUT2D eigenvalue weighted by molar-refractivity contribution is 9.10. The summed E-state index contributed by atoms with van der Waals surface area (Å²) in [4.78, 5) is 21.9. The Morgan fingerprint density at radius 3 is 2.61 bits per heavy atom. The molecule has 0 radical (unpaired) electrons. The normalized spacial score (nSPS) is 19.0. The van der Waals surface area contributed by atoms with E-state index in [1.165, 1.54) is 0 Å². The molecule has 7 heteroatoms. The van der Waals surface area contributed by atoms with E-state index in [2.05, 4.69) is 46.6 Å². The van der Waals surface area contributed by atoms with E-state index in [0.29, 0.717) is 0 Å². The first-order valence-corrected chi connectivity index (χ1v) is 10.6. The van der Waals surface area contributed by atoms with Gasteiger partial charge in [-0.2, -0.15) is 0 Å². The van der Waals surface area contributed by atoms with Crippen molar-refractivity contribution in [3.63, 3.8) is 0 Å². The summed E-state index contributed by atoms with van der Waals surface area (Å²) in [6, 6.07) is 3.94. The quantitative estimate of drug-likeness (QED) is 0.638. The molecule has 2 aromatic rings. The fourth-order valence-corrected chi connectivity index (χ4v) is 4.02. The second-order valence-electron chi connectivity index (χ2n) is 9.46. The first kappa shape index (κ1) is 21.1. The van der Waals surface area contributed by atoms with Crippen LogP contribution < -0.4 is 4.90 Å². The first-order chi connectivity index (χ1) is 13.0. The lowest BCUT2D eigenvalue weighted by Gasteiger charge is -2.45. The molecule has 0 unspecified atom stereocenters. The molecule has 0 aromatic carbocycles. The van der Waals surface area contributed by atoms with Gasteiger partial charge in [-0.05, 0) is 89.0 Å². The molecule has 1 aliphatic heterocycles. The zero-order chi connectivity index (χ0) is 20.7. The third-order valence-electron chi connectivity index (χ3n) is 5.02. The fourth-order valence-electron chi connectivity index (χ4n) is 3.63. The third kappa shape index (κ3) is 4.69.